The zero-order valence-corrected chi connectivity index (χ0v) is 18.8. The summed E-state index contributed by atoms with van der Waals surface area (Å²) in [7, 11) is 0. The summed E-state index contributed by atoms with van der Waals surface area (Å²) in [5, 5.41) is 0. The first-order valence-corrected chi connectivity index (χ1v) is 11.2. The van der Waals surface area contributed by atoms with Crippen molar-refractivity contribution in [2.45, 2.75) is 46.1 Å². The predicted octanol–water partition coefficient (Wildman–Crippen LogP) is 3.19. The van der Waals surface area contributed by atoms with Crippen LogP contribution >= 0.6 is 0 Å². The van der Waals surface area contributed by atoms with E-state index in [9.17, 15) is 23.6 Å². The van der Waals surface area contributed by atoms with Crippen LogP contribution in [-0.4, -0.2) is 46.2 Å². The molecule has 1 aromatic carbocycles. The van der Waals surface area contributed by atoms with Crippen LogP contribution in [0.4, 0.5) is 4.39 Å². The molecule has 1 saturated heterocycles. The zero-order chi connectivity index (χ0) is 23.7. The number of Topliss-reactive ketones (excluding diaryl/α,β-unsaturated/α-hetero) is 1. The second-order valence-electron chi connectivity index (χ2n) is 8.84. The maximum atomic E-state index is 13.2. The monoisotopic (exact) mass is 454 g/mol. The number of hydrogen-bond acceptors (Lipinski definition) is 5. The van der Waals surface area contributed by atoms with Gasteiger partial charge in [0.2, 0.25) is 17.6 Å². The molecule has 1 aliphatic carbocycles. The van der Waals surface area contributed by atoms with E-state index < -0.39 is 19.1 Å². The molecule has 174 valence electrons. The van der Waals surface area contributed by atoms with Gasteiger partial charge in [-0.15, -0.1) is 0 Å². The number of nitrogens with zero attached hydrogens (tertiary/aromatic N) is 2. The highest BCUT2D eigenvalue weighted by atomic mass is 19.1. The van der Waals surface area contributed by atoms with Crippen LogP contribution in [0.2, 0.25) is 0 Å². The van der Waals surface area contributed by atoms with Crippen molar-refractivity contribution in [2.75, 3.05) is 13.2 Å². The third-order valence-corrected chi connectivity index (χ3v) is 6.71. The number of amides is 2. The fourth-order valence-electron chi connectivity index (χ4n) is 4.88. The Hall–Kier alpha value is -3.29. The first-order valence-electron chi connectivity index (χ1n) is 11.2. The van der Waals surface area contributed by atoms with Crippen molar-refractivity contribution in [3.63, 3.8) is 0 Å². The van der Waals surface area contributed by atoms with Crippen molar-refractivity contribution < 1.29 is 28.3 Å². The number of benzene rings is 1. The molecule has 0 N–H and O–H groups in total. The quantitative estimate of drug-likeness (QED) is 0.364. The summed E-state index contributed by atoms with van der Waals surface area (Å²) >= 11 is 0. The lowest BCUT2D eigenvalue weighted by Gasteiger charge is -2.19. The van der Waals surface area contributed by atoms with Crippen LogP contribution in [-0.2, 0) is 25.7 Å². The number of imide groups is 1. The van der Waals surface area contributed by atoms with E-state index >= 15 is 0 Å². The van der Waals surface area contributed by atoms with Gasteiger partial charge < -0.3 is 9.30 Å². The minimum absolute atomic E-state index is 0.308. The van der Waals surface area contributed by atoms with Gasteiger partial charge in [-0.1, -0.05) is 25.0 Å². The highest BCUT2D eigenvalue weighted by molar-refractivity contribution is 6.07. The molecule has 2 fully saturated rings. The molecular weight excluding hydrogens is 427 g/mol. The van der Waals surface area contributed by atoms with Crippen LogP contribution in [0, 0.1) is 31.5 Å². The predicted molar refractivity (Wildman–Crippen MR) is 117 cm³/mol. The van der Waals surface area contributed by atoms with Crippen LogP contribution in [0.3, 0.4) is 0 Å². The number of ether oxygens (including phenoxy) is 1. The van der Waals surface area contributed by atoms with Crippen molar-refractivity contribution in [1.82, 2.24) is 9.47 Å². The summed E-state index contributed by atoms with van der Waals surface area (Å²) in [6, 6.07) is 7.88. The second kappa shape index (κ2) is 9.29. The highest BCUT2D eigenvalue weighted by Gasteiger charge is 2.48. The Kier molecular flexibility index (Phi) is 6.44. The van der Waals surface area contributed by atoms with E-state index in [1.165, 1.54) is 12.1 Å². The molecule has 7 nitrogen and oxygen atoms in total. The van der Waals surface area contributed by atoms with E-state index in [1.807, 2.05) is 11.5 Å². The summed E-state index contributed by atoms with van der Waals surface area (Å²) in [4.78, 5) is 51.0. The van der Waals surface area contributed by atoms with Crippen molar-refractivity contribution in [3.05, 3.63) is 58.7 Å². The topological polar surface area (TPSA) is 85.7 Å². The van der Waals surface area contributed by atoms with Gasteiger partial charge in [-0.25, -0.2) is 4.39 Å². The number of halogens is 1. The maximum Gasteiger partial charge on any atom is 0.326 e. The Morgan fingerprint density at radius 1 is 1.03 bits per heavy atom. The van der Waals surface area contributed by atoms with E-state index in [-0.39, 0.29) is 35.3 Å². The molecule has 8 heteroatoms. The first kappa shape index (κ1) is 22.9. The van der Waals surface area contributed by atoms with E-state index in [2.05, 4.69) is 0 Å². The molecule has 2 unspecified atom stereocenters. The molecule has 0 radical (unpaired) electrons. The van der Waals surface area contributed by atoms with E-state index in [0.29, 0.717) is 30.6 Å². The molecule has 2 atom stereocenters. The average Bonchev–Trinajstić information content (AvgIpc) is 3.22. The Morgan fingerprint density at radius 3 is 2.24 bits per heavy atom. The number of likely N-dealkylation sites (tertiary alicyclic amines) is 1. The van der Waals surface area contributed by atoms with Gasteiger partial charge in [-0.3, -0.25) is 24.1 Å². The Balaban J connectivity index is 1.36. The highest BCUT2D eigenvalue weighted by Crippen LogP contribution is 2.37. The van der Waals surface area contributed by atoms with Gasteiger partial charge in [0.15, 0.2) is 6.61 Å². The smallest absolute Gasteiger partial charge is 0.326 e. The van der Waals surface area contributed by atoms with E-state index in [4.69, 9.17) is 4.74 Å². The zero-order valence-electron chi connectivity index (χ0n) is 18.8. The van der Waals surface area contributed by atoms with Crippen molar-refractivity contribution in [3.8, 4) is 0 Å². The SMILES string of the molecule is Cc1cc(C(=O)COC(=O)CN2C(=O)C3CCCCC3C2=O)c(C)n1Cc1ccc(F)cc1. The lowest BCUT2D eigenvalue weighted by Crippen LogP contribution is -2.37. The van der Waals surface area contributed by atoms with Crippen molar-refractivity contribution in [1.29, 1.82) is 0 Å². The van der Waals surface area contributed by atoms with Gasteiger partial charge >= 0.3 is 5.97 Å². The molecule has 4 rings (SSSR count). The molecule has 1 aliphatic heterocycles. The minimum Gasteiger partial charge on any atom is -0.456 e. The van der Waals surface area contributed by atoms with Crippen LogP contribution in [0.5, 0.6) is 0 Å². The van der Waals surface area contributed by atoms with Gasteiger partial charge in [0, 0.05) is 23.5 Å². The third-order valence-electron chi connectivity index (χ3n) is 6.71. The molecule has 0 spiro atoms. The maximum absolute atomic E-state index is 13.2. The Bertz CT molecular complexity index is 1080. The number of aromatic nitrogens is 1. The van der Waals surface area contributed by atoms with Gasteiger partial charge in [0.1, 0.15) is 12.4 Å². The number of hydrogen-bond donors (Lipinski definition) is 0. The van der Waals surface area contributed by atoms with Gasteiger partial charge in [-0.05, 0) is 50.5 Å². The fourth-order valence-corrected chi connectivity index (χ4v) is 4.88. The molecule has 1 aromatic heterocycles. The van der Waals surface area contributed by atoms with Gasteiger partial charge in [0.25, 0.3) is 0 Å². The number of carbonyl (C=O) groups is 4. The molecule has 33 heavy (non-hydrogen) atoms. The van der Waals surface area contributed by atoms with Crippen LogP contribution in [0.25, 0.3) is 0 Å². The fraction of sp³-hybridized carbons (Fsp3) is 0.440. The molecule has 1 saturated carbocycles. The van der Waals surface area contributed by atoms with E-state index in [1.54, 1.807) is 25.1 Å². The number of ketones is 1. The molecule has 2 heterocycles. The van der Waals surface area contributed by atoms with Crippen molar-refractivity contribution in [2.24, 2.45) is 11.8 Å². The lowest BCUT2D eigenvalue weighted by molar-refractivity contribution is -0.152. The average molecular weight is 454 g/mol. The minimum atomic E-state index is -0.774. The summed E-state index contributed by atoms with van der Waals surface area (Å²) in [6.07, 6.45) is 3.17. The number of esters is 1. The summed E-state index contributed by atoms with van der Waals surface area (Å²) in [6.45, 7) is 3.22. The molecule has 2 aliphatic rings. The number of fused-ring (bicyclic) bond motifs is 1. The Morgan fingerprint density at radius 2 is 1.64 bits per heavy atom. The molecular formula is C25H27FN2O5. The lowest BCUT2D eigenvalue weighted by atomic mass is 9.81. The molecule has 2 amide bonds. The summed E-state index contributed by atoms with van der Waals surface area (Å²) in [5.74, 6) is -2.72. The number of rotatable bonds is 7. The summed E-state index contributed by atoms with van der Waals surface area (Å²) < 4.78 is 20.2. The van der Waals surface area contributed by atoms with Crippen LogP contribution in [0.15, 0.2) is 30.3 Å². The number of carbonyl (C=O) groups excluding carboxylic acids is 4. The normalized spacial score (nSPS) is 20.2. The standard InChI is InChI=1S/C25H27FN2O5/c1-15-11-21(16(2)27(15)12-17-7-9-18(26)10-8-17)22(29)14-33-23(30)13-28-24(31)19-5-3-4-6-20(19)25(28)32/h7-11,19-20H,3-6,12-14H2,1-2H3. The number of aryl methyl sites for hydroxylation is 1. The summed E-state index contributed by atoms with van der Waals surface area (Å²) in [5.41, 5.74) is 2.89. The third kappa shape index (κ3) is 4.60. The van der Waals surface area contributed by atoms with Gasteiger partial charge in [0.05, 0.1) is 11.8 Å². The van der Waals surface area contributed by atoms with Crippen LogP contribution < -0.4 is 0 Å². The van der Waals surface area contributed by atoms with Gasteiger partial charge in [-0.2, -0.15) is 0 Å². The van der Waals surface area contributed by atoms with E-state index in [0.717, 1.165) is 29.0 Å². The first-order chi connectivity index (χ1) is 15.8. The van der Waals surface area contributed by atoms with Crippen molar-refractivity contribution >= 4 is 23.6 Å². The Labute approximate surface area is 191 Å². The molecule has 2 aromatic rings. The van der Waals surface area contributed by atoms with Crippen LogP contribution in [0.1, 0.15) is 53.0 Å². The molecule has 0 bridgehead atoms. The second-order valence-corrected chi connectivity index (χ2v) is 8.84. The largest absolute Gasteiger partial charge is 0.456 e.